The third-order valence-corrected chi connectivity index (χ3v) is 5.91. The molecule has 0 heterocycles. The van der Waals surface area contributed by atoms with Crippen LogP contribution in [0.2, 0.25) is 0 Å². The summed E-state index contributed by atoms with van der Waals surface area (Å²) in [6.45, 7) is 0.617. The maximum atomic E-state index is 13.2. The second-order valence-corrected chi connectivity index (χ2v) is 8.44. The van der Waals surface area contributed by atoms with Gasteiger partial charge in [0.25, 0.3) is 0 Å². The third-order valence-electron chi connectivity index (χ3n) is 5.91. The molecule has 4 aromatic carbocycles. The summed E-state index contributed by atoms with van der Waals surface area (Å²) in [6.07, 6.45) is 1.41. The van der Waals surface area contributed by atoms with Gasteiger partial charge in [0, 0.05) is 5.56 Å². The van der Waals surface area contributed by atoms with E-state index in [0.717, 1.165) is 11.1 Å². The van der Waals surface area contributed by atoms with Gasteiger partial charge in [-0.2, -0.15) is 0 Å². The molecule has 6 nitrogen and oxygen atoms in total. The van der Waals surface area contributed by atoms with E-state index in [-0.39, 0.29) is 17.9 Å². The summed E-state index contributed by atoms with van der Waals surface area (Å²) in [4.78, 5) is 13.2. The van der Waals surface area contributed by atoms with Crippen molar-refractivity contribution in [1.29, 1.82) is 0 Å². The number of carbonyl (C=O) groups excluding carboxylic acids is 1. The van der Waals surface area contributed by atoms with E-state index in [1.165, 1.54) is 20.3 Å². The largest absolute Gasteiger partial charge is 0.496 e. The Balaban J connectivity index is 1.56. The van der Waals surface area contributed by atoms with Crippen molar-refractivity contribution in [3.63, 3.8) is 0 Å². The van der Waals surface area contributed by atoms with Gasteiger partial charge in [-0.1, -0.05) is 78.9 Å². The summed E-state index contributed by atoms with van der Waals surface area (Å²) < 4.78 is 23.0. The minimum atomic E-state index is -1.54. The molecule has 0 aromatic heterocycles. The van der Waals surface area contributed by atoms with Crippen LogP contribution < -0.4 is 18.9 Å². The molecular formula is C32H30O6. The quantitative estimate of drug-likeness (QED) is 0.230. The smallest absolute Gasteiger partial charge is 0.188 e. The lowest BCUT2D eigenvalue weighted by molar-refractivity contribution is -0.122. The number of para-hydroxylation sites is 1. The summed E-state index contributed by atoms with van der Waals surface area (Å²) in [7, 11) is 2.97. The van der Waals surface area contributed by atoms with Crippen LogP contribution in [0.5, 0.6) is 23.0 Å². The first-order valence-corrected chi connectivity index (χ1v) is 12.2. The van der Waals surface area contributed by atoms with Crippen molar-refractivity contribution >= 4 is 11.9 Å². The Morgan fingerprint density at radius 3 is 1.89 bits per heavy atom. The van der Waals surface area contributed by atoms with Gasteiger partial charge in [-0.25, -0.2) is 0 Å². The van der Waals surface area contributed by atoms with Crippen LogP contribution >= 0.6 is 0 Å². The Morgan fingerprint density at radius 1 is 0.711 bits per heavy atom. The maximum Gasteiger partial charge on any atom is 0.188 e. The van der Waals surface area contributed by atoms with Crippen molar-refractivity contribution in [3.8, 4) is 23.0 Å². The SMILES string of the molecule is COc1ccc(OC)c(C(O)C(=O)/C=C/c2ccccc2OCc2ccccc2)c1OCc1ccccc1. The number of hydrogen-bond acceptors (Lipinski definition) is 6. The number of rotatable bonds is 12. The highest BCUT2D eigenvalue weighted by atomic mass is 16.5. The minimum absolute atomic E-state index is 0.200. The van der Waals surface area contributed by atoms with Gasteiger partial charge in [0.1, 0.15) is 30.8 Å². The van der Waals surface area contributed by atoms with E-state index in [2.05, 4.69) is 0 Å². The van der Waals surface area contributed by atoms with Gasteiger partial charge in [0.15, 0.2) is 17.3 Å². The highest BCUT2D eigenvalue weighted by molar-refractivity contribution is 5.98. The summed E-state index contributed by atoms with van der Waals surface area (Å²) >= 11 is 0. The van der Waals surface area contributed by atoms with Crippen molar-refractivity contribution in [1.82, 2.24) is 0 Å². The van der Waals surface area contributed by atoms with E-state index in [9.17, 15) is 9.90 Å². The average molecular weight is 511 g/mol. The third kappa shape index (κ3) is 6.60. The lowest BCUT2D eigenvalue weighted by atomic mass is 10.0. The summed E-state index contributed by atoms with van der Waals surface area (Å²) in [6, 6.07) is 30.1. The molecule has 1 unspecified atom stereocenters. The van der Waals surface area contributed by atoms with Crippen LogP contribution in [0.25, 0.3) is 6.08 Å². The first-order valence-electron chi connectivity index (χ1n) is 12.2. The molecule has 194 valence electrons. The molecule has 4 aromatic rings. The number of methoxy groups -OCH3 is 2. The Hall–Kier alpha value is -4.55. The van der Waals surface area contributed by atoms with E-state index in [1.807, 2.05) is 84.9 Å². The predicted molar refractivity (Wildman–Crippen MR) is 147 cm³/mol. The molecular weight excluding hydrogens is 480 g/mol. The van der Waals surface area contributed by atoms with Gasteiger partial charge >= 0.3 is 0 Å². The molecule has 0 aliphatic heterocycles. The first-order chi connectivity index (χ1) is 18.6. The van der Waals surface area contributed by atoms with Gasteiger partial charge in [0.2, 0.25) is 0 Å². The van der Waals surface area contributed by atoms with E-state index in [4.69, 9.17) is 18.9 Å². The first kappa shape index (κ1) is 26.5. The lowest BCUT2D eigenvalue weighted by Crippen LogP contribution is -2.13. The van der Waals surface area contributed by atoms with E-state index in [0.29, 0.717) is 29.4 Å². The van der Waals surface area contributed by atoms with E-state index < -0.39 is 11.9 Å². The van der Waals surface area contributed by atoms with Crippen LogP contribution in [0.1, 0.15) is 28.4 Å². The van der Waals surface area contributed by atoms with Crippen molar-refractivity contribution in [2.45, 2.75) is 19.3 Å². The fourth-order valence-corrected chi connectivity index (χ4v) is 3.93. The molecule has 0 aliphatic rings. The number of carbonyl (C=O) groups is 1. The number of benzene rings is 4. The maximum absolute atomic E-state index is 13.2. The number of aliphatic hydroxyl groups excluding tert-OH is 1. The summed E-state index contributed by atoms with van der Waals surface area (Å²) in [5.74, 6) is 1.03. The molecule has 0 fully saturated rings. The summed E-state index contributed by atoms with van der Waals surface area (Å²) in [5.41, 5.74) is 2.87. The van der Waals surface area contributed by atoms with Crippen LogP contribution in [-0.2, 0) is 18.0 Å². The molecule has 0 radical (unpaired) electrons. The minimum Gasteiger partial charge on any atom is -0.496 e. The Morgan fingerprint density at radius 2 is 1.26 bits per heavy atom. The normalized spacial score (nSPS) is 11.7. The van der Waals surface area contributed by atoms with Gasteiger partial charge < -0.3 is 24.1 Å². The molecule has 1 N–H and O–H groups in total. The second kappa shape index (κ2) is 13.1. The van der Waals surface area contributed by atoms with Crippen molar-refractivity contribution in [2.75, 3.05) is 14.2 Å². The van der Waals surface area contributed by atoms with Gasteiger partial charge in [-0.3, -0.25) is 4.79 Å². The van der Waals surface area contributed by atoms with Crippen LogP contribution in [0, 0.1) is 0 Å². The molecule has 6 heteroatoms. The zero-order valence-electron chi connectivity index (χ0n) is 21.4. The van der Waals surface area contributed by atoms with E-state index >= 15 is 0 Å². The fraction of sp³-hybridized carbons (Fsp3) is 0.156. The predicted octanol–water partition coefficient (Wildman–Crippen LogP) is 6.18. The molecule has 1 atom stereocenters. The Kier molecular flexibility index (Phi) is 9.16. The molecule has 0 spiro atoms. The number of hydrogen-bond donors (Lipinski definition) is 1. The van der Waals surface area contributed by atoms with Crippen LogP contribution in [0.4, 0.5) is 0 Å². The molecule has 0 bridgehead atoms. The fourth-order valence-electron chi connectivity index (χ4n) is 3.93. The number of aliphatic hydroxyl groups is 1. The monoisotopic (exact) mass is 510 g/mol. The standard InChI is InChI=1S/C32H30O6/c1-35-28-19-20-29(36-2)32(38-22-24-13-7-4-8-14-24)30(28)31(34)26(33)18-17-25-15-9-10-16-27(25)37-21-23-11-5-3-6-12-23/h3-20,31,34H,21-22H2,1-2H3/b18-17+. The highest BCUT2D eigenvalue weighted by Crippen LogP contribution is 2.42. The second-order valence-electron chi connectivity index (χ2n) is 8.44. The van der Waals surface area contributed by atoms with E-state index in [1.54, 1.807) is 18.2 Å². The van der Waals surface area contributed by atoms with Crippen molar-refractivity contribution in [2.24, 2.45) is 0 Å². The average Bonchev–Trinajstić information content (AvgIpc) is 2.98. The topological polar surface area (TPSA) is 74.2 Å². The Bertz CT molecular complexity index is 1370. The zero-order valence-corrected chi connectivity index (χ0v) is 21.4. The van der Waals surface area contributed by atoms with Gasteiger partial charge in [-0.05, 0) is 41.5 Å². The number of ketones is 1. The Labute approximate surface area is 222 Å². The van der Waals surface area contributed by atoms with Gasteiger partial charge in [0.05, 0.1) is 19.8 Å². The van der Waals surface area contributed by atoms with Gasteiger partial charge in [-0.15, -0.1) is 0 Å². The molecule has 0 saturated carbocycles. The molecule has 38 heavy (non-hydrogen) atoms. The van der Waals surface area contributed by atoms with Crippen LogP contribution in [0.3, 0.4) is 0 Å². The molecule has 0 saturated heterocycles. The van der Waals surface area contributed by atoms with Crippen LogP contribution in [-0.4, -0.2) is 25.1 Å². The number of ether oxygens (including phenoxy) is 4. The van der Waals surface area contributed by atoms with Crippen molar-refractivity contribution < 1.29 is 28.8 Å². The van der Waals surface area contributed by atoms with Crippen molar-refractivity contribution in [3.05, 3.63) is 125 Å². The highest BCUT2D eigenvalue weighted by Gasteiger charge is 2.27. The van der Waals surface area contributed by atoms with Crippen LogP contribution in [0.15, 0.2) is 103 Å². The molecule has 4 rings (SSSR count). The zero-order chi connectivity index (χ0) is 26.7. The summed E-state index contributed by atoms with van der Waals surface area (Å²) in [5, 5.41) is 11.2. The lowest BCUT2D eigenvalue weighted by Gasteiger charge is -2.20. The molecule has 0 amide bonds. The molecule has 0 aliphatic carbocycles.